The van der Waals surface area contributed by atoms with Gasteiger partial charge >= 0.3 is 0 Å². The Morgan fingerprint density at radius 3 is 2.39 bits per heavy atom. The number of rotatable bonds is 3. The maximum absolute atomic E-state index is 3.38. The van der Waals surface area contributed by atoms with E-state index < -0.39 is 0 Å². The zero-order chi connectivity index (χ0) is 13.1. The second kappa shape index (κ2) is 5.26. The predicted molar refractivity (Wildman–Crippen MR) is 80.3 cm³/mol. The van der Waals surface area contributed by atoms with Gasteiger partial charge in [-0.25, -0.2) is 0 Å². The van der Waals surface area contributed by atoms with Crippen molar-refractivity contribution in [2.24, 2.45) is 0 Å². The number of nitrogens with one attached hydrogen (secondary N) is 1. The summed E-state index contributed by atoms with van der Waals surface area (Å²) in [5.41, 5.74) is 7.88. The van der Waals surface area contributed by atoms with E-state index in [-0.39, 0.29) is 0 Å². The van der Waals surface area contributed by atoms with Crippen LogP contribution >= 0.6 is 0 Å². The fourth-order valence-electron chi connectivity index (χ4n) is 2.28. The minimum atomic E-state index is 0.962. The molecule has 94 valence electrons. The van der Waals surface area contributed by atoms with E-state index in [0.717, 1.165) is 6.54 Å². The molecule has 0 amide bonds. The van der Waals surface area contributed by atoms with Crippen LogP contribution in [0.25, 0.3) is 11.1 Å². The number of anilines is 1. The van der Waals surface area contributed by atoms with E-state index in [1.54, 1.807) is 0 Å². The van der Waals surface area contributed by atoms with Crippen LogP contribution in [0.5, 0.6) is 0 Å². The molecule has 0 aliphatic carbocycles. The largest absolute Gasteiger partial charge is 0.385 e. The molecule has 0 fully saturated rings. The third-order valence-corrected chi connectivity index (χ3v) is 3.51. The summed E-state index contributed by atoms with van der Waals surface area (Å²) < 4.78 is 0. The Balaban J connectivity index is 2.46. The Kier molecular flexibility index (Phi) is 3.71. The van der Waals surface area contributed by atoms with Crippen molar-refractivity contribution in [1.82, 2.24) is 0 Å². The normalized spacial score (nSPS) is 10.4. The first kappa shape index (κ1) is 12.7. The molecule has 0 saturated carbocycles. The maximum atomic E-state index is 3.38. The van der Waals surface area contributed by atoms with Gasteiger partial charge in [0.1, 0.15) is 0 Å². The predicted octanol–water partition coefficient (Wildman–Crippen LogP) is 4.71. The van der Waals surface area contributed by atoms with E-state index in [0.29, 0.717) is 0 Å². The Morgan fingerprint density at radius 2 is 1.72 bits per heavy atom. The first-order chi connectivity index (χ1) is 8.63. The van der Waals surface area contributed by atoms with Crippen molar-refractivity contribution in [3.05, 3.63) is 53.1 Å². The second-order valence-corrected chi connectivity index (χ2v) is 4.81. The van der Waals surface area contributed by atoms with Gasteiger partial charge in [-0.05, 0) is 67.6 Å². The highest BCUT2D eigenvalue weighted by Gasteiger charge is 2.05. The molecule has 0 spiro atoms. The summed E-state index contributed by atoms with van der Waals surface area (Å²) in [5, 5.41) is 3.38. The number of hydrogen-bond acceptors (Lipinski definition) is 1. The van der Waals surface area contributed by atoms with Gasteiger partial charge in [0.25, 0.3) is 0 Å². The molecule has 2 aromatic rings. The molecule has 1 N–H and O–H groups in total. The fourth-order valence-corrected chi connectivity index (χ4v) is 2.28. The highest BCUT2D eigenvalue weighted by Crippen LogP contribution is 2.28. The summed E-state index contributed by atoms with van der Waals surface area (Å²) in [6.07, 6.45) is 0. The first-order valence-corrected chi connectivity index (χ1v) is 6.54. The lowest BCUT2D eigenvalue weighted by Crippen LogP contribution is -1.98. The quantitative estimate of drug-likeness (QED) is 0.818. The summed E-state index contributed by atoms with van der Waals surface area (Å²) in [4.78, 5) is 0. The van der Waals surface area contributed by atoms with Gasteiger partial charge in [-0.3, -0.25) is 0 Å². The standard InChI is InChI=1S/C17H21N/c1-5-18-17-10-9-15(11-13(17)3)16-8-6-7-12(2)14(16)4/h6-11,18H,5H2,1-4H3. The van der Waals surface area contributed by atoms with E-state index in [1.165, 1.54) is 33.5 Å². The molecule has 1 nitrogen and oxygen atoms in total. The molecule has 18 heavy (non-hydrogen) atoms. The second-order valence-electron chi connectivity index (χ2n) is 4.81. The van der Waals surface area contributed by atoms with E-state index >= 15 is 0 Å². The molecule has 0 bridgehead atoms. The summed E-state index contributed by atoms with van der Waals surface area (Å²) in [5.74, 6) is 0. The van der Waals surface area contributed by atoms with Crippen LogP contribution in [0.2, 0.25) is 0 Å². The van der Waals surface area contributed by atoms with Crippen LogP contribution in [0.4, 0.5) is 5.69 Å². The average molecular weight is 239 g/mol. The van der Waals surface area contributed by atoms with Gasteiger partial charge in [-0.15, -0.1) is 0 Å². The van der Waals surface area contributed by atoms with Crippen LogP contribution in [0, 0.1) is 20.8 Å². The van der Waals surface area contributed by atoms with Gasteiger partial charge in [0.05, 0.1) is 0 Å². The van der Waals surface area contributed by atoms with Gasteiger partial charge in [0.15, 0.2) is 0 Å². The Hall–Kier alpha value is -1.76. The molecule has 2 aromatic carbocycles. The minimum Gasteiger partial charge on any atom is -0.385 e. The van der Waals surface area contributed by atoms with Crippen molar-refractivity contribution >= 4 is 5.69 Å². The third-order valence-electron chi connectivity index (χ3n) is 3.51. The Morgan fingerprint density at radius 1 is 0.944 bits per heavy atom. The summed E-state index contributed by atoms with van der Waals surface area (Å²) >= 11 is 0. The zero-order valence-corrected chi connectivity index (χ0v) is 11.7. The van der Waals surface area contributed by atoms with Crippen molar-refractivity contribution in [2.75, 3.05) is 11.9 Å². The topological polar surface area (TPSA) is 12.0 Å². The van der Waals surface area contributed by atoms with Crippen molar-refractivity contribution in [2.45, 2.75) is 27.7 Å². The molecule has 0 atom stereocenters. The van der Waals surface area contributed by atoms with Gasteiger partial charge in [0.2, 0.25) is 0 Å². The van der Waals surface area contributed by atoms with Crippen LogP contribution < -0.4 is 5.32 Å². The lowest BCUT2D eigenvalue weighted by molar-refractivity contribution is 1.20. The summed E-state index contributed by atoms with van der Waals surface area (Å²) in [6, 6.07) is 13.1. The van der Waals surface area contributed by atoms with Crippen molar-refractivity contribution in [3.8, 4) is 11.1 Å². The molecule has 0 aromatic heterocycles. The molecule has 0 unspecified atom stereocenters. The van der Waals surface area contributed by atoms with E-state index in [4.69, 9.17) is 0 Å². The van der Waals surface area contributed by atoms with E-state index in [1.807, 2.05) is 0 Å². The van der Waals surface area contributed by atoms with Crippen molar-refractivity contribution < 1.29 is 0 Å². The Labute approximate surface area is 110 Å². The zero-order valence-electron chi connectivity index (χ0n) is 11.7. The maximum Gasteiger partial charge on any atom is 0.0370 e. The average Bonchev–Trinajstić information content (AvgIpc) is 2.35. The summed E-state index contributed by atoms with van der Waals surface area (Å²) in [6.45, 7) is 9.60. The third kappa shape index (κ3) is 2.40. The van der Waals surface area contributed by atoms with Crippen LogP contribution in [-0.4, -0.2) is 6.54 Å². The molecule has 0 radical (unpaired) electrons. The lowest BCUT2D eigenvalue weighted by Gasteiger charge is -2.12. The van der Waals surface area contributed by atoms with Gasteiger partial charge in [-0.1, -0.05) is 24.3 Å². The monoisotopic (exact) mass is 239 g/mol. The molecule has 0 aliphatic heterocycles. The lowest BCUT2D eigenvalue weighted by atomic mass is 9.95. The smallest absolute Gasteiger partial charge is 0.0370 e. The van der Waals surface area contributed by atoms with Gasteiger partial charge < -0.3 is 5.32 Å². The van der Waals surface area contributed by atoms with Crippen molar-refractivity contribution in [3.63, 3.8) is 0 Å². The molecular formula is C17H21N. The van der Waals surface area contributed by atoms with E-state index in [2.05, 4.69) is 69.4 Å². The summed E-state index contributed by atoms with van der Waals surface area (Å²) in [7, 11) is 0. The number of hydrogen-bond donors (Lipinski definition) is 1. The number of aryl methyl sites for hydroxylation is 2. The Bertz CT molecular complexity index is 556. The van der Waals surface area contributed by atoms with Crippen LogP contribution in [0.1, 0.15) is 23.6 Å². The van der Waals surface area contributed by atoms with Crippen LogP contribution in [0.15, 0.2) is 36.4 Å². The molecule has 0 heterocycles. The highest BCUT2D eigenvalue weighted by atomic mass is 14.9. The highest BCUT2D eigenvalue weighted by molar-refractivity contribution is 5.71. The fraction of sp³-hybridized carbons (Fsp3) is 0.294. The SMILES string of the molecule is CCNc1ccc(-c2cccc(C)c2C)cc1C. The molecule has 2 rings (SSSR count). The minimum absolute atomic E-state index is 0.962. The molecule has 1 heteroatoms. The van der Waals surface area contributed by atoms with E-state index in [9.17, 15) is 0 Å². The number of benzene rings is 2. The molecular weight excluding hydrogens is 218 g/mol. The van der Waals surface area contributed by atoms with Crippen LogP contribution in [-0.2, 0) is 0 Å². The molecule has 0 aliphatic rings. The molecule has 0 saturated heterocycles. The van der Waals surface area contributed by atoms with Crippen LogP contribution in [0.3, 0.4) is 0 Å². The first-order valence-electron chi connectivity index (χ1n) is 6.54. The van der Waals surface area contributed by atoms with Gasteiger partial charge in [-0.2, -0.15) is 0 Å². The van der Waals surface area contributed by atoms with Gasteiger partial charge in [0, 0.05) is 12.2 Å². The van der Waals surface area contributed by atoms with Crippen molar-refractivity contribution in [1.29, 1.82) is 0 Å².